The lowest BCUT2D eigenvalue weighted by atomic mass is 9.67. The Labute approximate surface area is 449 Å². The summed E-state index contributed by atoms with van der Waals surface area (Å²) in [5, 5.41) is 18.5. The number of pyridine rings is 1. The number of esters is 1. The van der Waals surface area contributed by atoms with Gasteiger partial charge < -0.3 is 38.7 Å². The molecule has 408 valence electrons. The Morgan fingerprint density at radius 1 is 1.03 bits per heavy atom. The molecular weight excluding hydrogens is 981 g/mol. The largest absolute Gasteiger partial charge is 0.508 e. The molecule has 7 aliphatic rings. The number of aryl methyl sites for hydroxylation is 1. The first-order valence-electron chi connectivity index (χ1n) is 27.5. The molecule has 18 nitrogen and oxygen atoms in total. The maximum absolute atomic E-state index is 15.2. The molecule has 3 N–H and O–H groups in total. The minimum absolute atomic E-state index is 0.00986. The summed E-state index contributed by atoms with van der Waals surface area (Å²) >= 11 is 0. The van der Waals surface area contributed by atoms with Crippen molar-refractivity contribution >= 4 is 28.7 Å². The Morgan fingerprint density at radius 3 is 2.55 bits per heavy atom. The molecule has 5 aromatic rings. The van der Waals surface area contributed by atoms with Crippen molar-refractivity contribution in [2.75, 3.05) is 66.8 Å². The number of likely N-dealkylation sites (N-methyl/N-ethyl adjacent to an activating group) is 1. The van der Waals surface area contributed by atoms with Gasteiger partial charge in [-0.15, -0.1) is 5.01 Å². The van der Waals surface area contributed by atoms with Gasteiger partial charge in [-0.2, -0.15) is 0 Å². The third-order valence-electron chi connectivity index (χ3n) is 17.2. The Morgan fingerprint density at radius 2 is 1.81 bits per heavy atom. The van der Waals surface area contributed by atoms with Crippen molar-refractivity contribution in [3.8, 4) is 33.9 Å². The molecule has 5 aliphatic heterocycles. The molecule has 1 saturated carbocycles. The topological polar surface area (TPSA) is 189 Å². The number of phenols is 1. The monoisotopic (exact) mass is 1050 g/mol. The number of methoxy groups -OCH3 is 1. The number of rotatable bonds is 13. The second kappa shape index (κ2) is 21.4. The number of aromatic hydroxyl groups is 1. The average molecular weight is 1050 g/mol. The molecule has 7 atom stereocenters. The molecule has 0 spiro atoms. The lowest BCUT2D eigenvalue weighted by Crippen LogP contribution is -2.72. The number of ether oxygens (including phenoxy) is 5. The van der Waals surface area contributed by atoms with Gasteiger partial charge in [0.25, 0.3) is 5.91 Å². The van der Waals surface area contributed by atoms with E-state index in [-0.39, 0.29) is 48.5 Å². The molecule has 4 saturated heterocycles. The first kappa shape index (κ1) is 52.6. The number of nitroso groups, excluding NO2 is 1. The number of nitrogens with zero attached hydrogens (tertiary/aromatic N) is 6. The molecule has 1 unspecified atom stereocenters. The minimum Gasteiger partial charge on any atom is -0.508 e. The molecular formula is C59H73N8O10+. The predicted molar refractivity (Wildman–Crippen MR) is 287 cm³/mol. The van der Waals surface area contributed by atoms with Crippen molar-refractivity contribution < 1.29 is 48.0 Å². The molecule has 12 rings (SSSR count). The Bertz CT molecular complexity index is 3040. The molecule has 77 heavy (non-hydrogen) atoms. The van der Waals surface area contributed by atoms with Crippen LogP contribution in [0.3, 0.4) is 0 Å². The summed E-state index contributed by atoms with van der Waals surface area (Å²) in [5.41, 5.74) is 10.3. The zero-order chi connectivity index (χ0) is 53.9. The first-order chi connectivity index (χ1) is 37.1. The van der Waals surface area contributed by atoms with Gasteiger partial charge in [0, 0.05) is 73.6 Å². The van der Waals surface area contributed by atoms with Crippen LogP contribution in [0.5, 0.6) is 11.5 Å². The summed E-state index contributed by atoms with van der Waals surface area (Å²) < 4.78 is 33.3. The lowest BCUT2D eigenvalue weighted by molar-refractivity contribution is -0.763. The van der Waals surface area contributed by atoms with E-state index in [1.807, 2.05) is 56.3 Å². The van der Waals surface area contributed by atoms with Gasteiger partial charge in [-0.25, -0.2) is 5.43 Å². The summed E-state index contributed by atoms with van der Waals surface area (Å²) in [6.07, 6.45) is 2.15. The number of aromatic nitrogens is 2. The third kappa shape index (κ3) is 9.85. The standard InChI is InChI=1S/C59H72N8O10/c1-8-65-47-15-14-37-30-44(47)48-49(54(73-7)51-45(53(48)65)31-42(32-60-51)75-23-19-64-17-21-74-22-18-64)59(4,5)33-77-58(71)50-39-27-40(28-39)66(62-50)56(70)46(26-35-24-38(37)29-41(68)25-35)61-55(69)52(34(2)3)63(6)67(72)57-43(16-20-76-57)36-12-10-9-11-13-36/h9-15,24-25,29-32,34,39-40,43,46,49-50,52,54,57,62H,8,16-23,26-28,33H2,1-7H3,(H-,61,68,69)/p+1/t39?,40?,43-,46+,49?,50-,52+,54+,57-/m1/s1. The fourth-order valence-corrected chi connectivity index (χ4v) is 13.2. The molecule has 7 heterocycles. The molecule has 18 heteroatoms. The summed E-state index contributed by atoms with van der Waals surface area (Å²) in [6.45, 7) is 15.5. The highest BCUT2D eigenvalue weighted by atomic mass is 16.5. The van der Waals surface area contributed by atoms with Crippen LogP contribution in [-0.2, 0) is 46.3 Å². The molecule has 5 fully saturated rings. The van der Waals surface area contributed by atoms with Crippen molar-refractivity contribution in [2.24, 2.45) is 17.3 Å². The van der Waals surface area contributed by atoms with Crippen molar-refractivity contribution in [3.05, 3.63) is 106 Å². The zero-order valence-corrected chi connectivity index (χ0v) is 45.3. The number of hydrogen-bond acceptors (Lipinski definition) is 13. The maximum Gasteiger partial charge on any atom is 0.344 e. The Kier molecular flexibility index (Phi) is 14.6. The van der Waals surface area contributed by atoms with Gasteiger partial charge in [0.05, 0.1) is 61.9 Å². The van der Waals surface area contributed by atoms with E-state index in [2.05, 4.69) is 59.2 Å². The van der Waals surface area contributed by atoms with Gasteiger partial charge in [-0.3, -0.25) is 29.3 Å². The van der Waals surface area contributed by atoms with Crippen molar-refractivity contribution in [1.29, 1.82) is 0 Å². The molecule has 2 aromatic heterocycles. The van der Waals surface area contributed by atoms with Gasteiger partial charge >= 0.3 is 12.2 Å². The molecule has 0 radical (unpaired) electrons. The van der Waals surface area contributed by atoms with Crippen LogP contribution < -0.4 is 15.5 Å². The van der Waals surface area contributed by atoms with E-state index >= 15 is 4.79 Å². The number of fused-ring (bicyclic) bond motifs is 6. The highest BCUT2D eigenvalue weighted by Crippen LogP contribution is 2.57. The second-order valence-corrected chi connectivity index (χ2v) is 22.9. The summed E-state index contributed by atoms with van der Waals surface area (Å²) in [7, 11) is 3.29. The second-order valence-electron chi connectivity index (χ2n) is 22.9. The number of carbonyl (C=O) groups is 3. The number of benzene rings is 3. The van der Waals surface area contributed by atoms with Gasteiger partial charge in [0.2, 0.25) is 5.91 Å². The van der Waals surface area contributed by atoms with Crippen molar-refractivity contribution in [2.45, 2.75) is 115 Å². The van der Waals surface area contributed by atoms with Crippen LogP contribution in [0, 0.1) is 22.2 Å². The lowest BCUT2D eigenvalue weighted by Gasteiger charge is -2.53. The van der Waals surface area contributed by atoms with E-state index in [0.29, 0.717) is 69.1 Å². The highest BCUT2D eigenvalue weighted by molar-refractivity contribution is 5.97. The molecule has 3 aromatic carbocycles. The van der Waals surface area contributed by atoms with Crippen LogP contribution in [0.4, 0.5) is 0 Å². The van der Waals surface area contributed by atoms with Gasteiger partial charge in [0.1, 0.15) is 36.3 Å². The quantitative estimate of drug-likeness (QED) is 0.0629. The van der Waals surface area contributed by atoms with Gasteiger partial charge in [-0.1, -0.05) is 70.2 Å². The smallest absolute Gasteiger partial charge is 0.344 e. The van der Waals surface area contributed by atoms with Crippen LogP contribution in [-0.4, -0.2) is 149 Å². The number of cyclic esters (lactones) is 1. The van der Waals surface area contributed by atoms with E-state index in [1.165, 1.54) is 10.0 Å². The summed E-state index contributed by atoms with van der Waals surface area (Å²) in [6, 6.07) is 20.2. The maximum atomic E-state index is 15.2. The first-order valence-corrected chi connectivity index (χ1v) is 27.5. The van der Waals surface area contributed by atoms with Crippen LogP contribution in [0.25, 0.3) is 33.3 Å². The Hall–Kier alpha value is -6.44. The number of hydrazine groups is 2. The van der Waals surface area contributed by atoms with Crippen molar-refractivity contribution in [3.63, 3.8) is 0 Å². The molecule has 2 amide bonds. The van der Waals surface area contributed by atoms with E-state index in [4.69, 9.17) is 28.7 Å². The van der Waals surface area contributed by atoms with Crippen molar-refractivity contribution in [1.82, 2.24) is 35.2 Å². The van der Waals surface area contributed by atoms with Crippen LogP contribution >= 0.6 is 0 Å². The zero-order valence-electron chi connectivity index (χ0n) is 45.3. The third-order valence-corrected chi connectivity index (χ3v) is 17.2. The fourth-order valence-electron chi connectivity index (χ4n) is 13.2. The van der Waals surface area contributed by atoms with E-state index in [9.17, 15) is 19.6 Å². The highest BCUT2D eigenvalue weighted by Gasteiger charge is 2.53. The molecule has 2 aliphatic carbocycles. The number of phenolic OH excluding ortho intramolecular Hbond substituents is 1. The van der Waals surface area contributed by atoms with Crippen LogP contribution in [0.2, 0.25) is 0 Å². The number of morpholine rings is 1. The SMILES string of the molecule is CCn1c2c3c4cc(ccc41)-c1cc(O)cc(c1)C[C@H](NC(=O)[C@H](C(C)C)N(C)[N+](=O)[C@@H]1OCC[C@@H]1c1ccccc1)C(=O)N1N[C@@H](C(=O)OCC(C)(C)C3[C@H](OC)c3ncc(OCCN4CCOCC4)cc3-2)C2CC1C2. The van der Waals surface area contributed by atoms with Crippen LogP contribution in [0.15, 0.2) is 79.0 Å². The number of hydrogen-bond donors (Lipinski definition) is 3. The number of carbonyl (C=O) groups excluding carboxylic acids is 3. The molecule has 8 bridgehead atoms. The minimum atomic E-state index is -1.17. The van der Waals surface area contributed by atoms with Crippen LogP contribution in [0.1, 0.15) is 94.2 Å². The summed E-state index contributed by atoms with van der Waals surface area (Å²) in [5.74, 6) is -1.81. The number of nitrogens with one attached hydrogen (secondary N) is 2. The predicted octanol–water partition coefficient (Wildman–Crippen LogP) is 6.88. The van der Waals surface area contributed by atoms with Gasteiger partial charge in [-0.05, 0) is 96.2 Å². The van der Waals surface area contributed by atoms with E-state index in [1.54, 1.807) is 32.5 Å². The van der Waals surface area contributed by atoms with E-state index < -0.39 is 53.7 Å². The van der Waals surface area contributed by atoms with Gasteiger partial charge in [0.15, 0.2) is 10.9 Å². The number of amides is 2. The summed E-state index contributed by atoms with van der Waals surface area (Å²) in [4.78, 5) is 67.2. The Balaban J connectivity index is 0.977. The van der Waals surface area contributed by atoms with E-state index in [0.717, 1.165) is 69.0 Å². The average Bonchev–Trinajstić information content (AvgIpc) is 4.09. The fraction of sp³-hybridized carbons (Fsp3) is 0.525. The normalized spacial score (nSPS) is 26.3.